The molecule has 0 aromatic rings. The van der Waals surface area contributed by atoms with Gasteiger partial charge in [-0.1, -0.05) is 6.58 Å². The highest BCUT2D eigenvalue weighted by atomic mass is 16.5. The summed E-state index contributed by atoms with van der Waals surface area (Å²) in [5.74, 6) is -0.497. The van der Waals surface area contributed by atoms with Gasteiger partial charge in [0.25, 0.3) is 0 Å². The second kappa shape index (κ2) is 4.06. The summed E-state index contributed by atoms with van der Waals surface area (Å²) in [7, 11) is 0. The molecule has 1 atom stereocenters. The number of nitrogens with one attached hydrogen (secondary N) is 1. The van der Waals surface area contributed by atoms with Gasteiger partial charge in [0.05, 0.1) is 0 Å². The number of ether oxygens (including phenoxy) is 1. The highest BCUT2D eigenvalue weighted by Crippen LogP contribution is 1.91. The molecule has 0 fully saturated rings. The molecule has 0 aromatic carbocycles. The highest BCUT2D eigenvalue weighted by molar-refractivity contribution is 5.74. The molecule has 0 spiro atoms. The number of hydrogen-bond acceptors (Lipinski definition) is 2. The van der Waals surface area contributed by atoms with Crippen molar-refractivity contribution < 1.29 is 9.53 Å². The predicted octanol–water partition coefficient (Wildman–Crippen LogP) is 0.777. The number of rotatable bonds is 3. The lowest BCUT2D eigenvalue weighted by Gasteiger charge is -2.04. The van der Waals surface area contributed by atoms with Gasteiger partial charge in [-0.05, 0) is 19.4 Å². The third-order valence-electron chi connectivity index (χ3n) is 0.814. The lowest BCUT2D eigenvalue weighted by atomic mass is 10.3. The van der Waals surface area contributed by atoms with Gasteiger partial charge in [-0.15, -0.1) is 0 Å². The van der Waals surface area contributed by atoms with Crippen LogP contribution >= 0.6 is 0 Å². The van der Waals surface area contributed by atoms with Crippen molar-refractivity contribution in [2.24, 2.45) is 0 Å². The van der Waals surface area contributed by atoms with Crippen LogP contribution in [0.5, 0.6) is 0 Å². The molecule has 3 heteroatoms. The Labute approximate surface area is 60.9 Å². The second-order valence-corrected chi connectivity index (χ2v) is 2.29. The average Bonchev–Trinajstić information content (AvgIpc) is 1.82. The first-order valence-corrected chi connectivity index (χ1v) is 3.06. The molecule has 10 heavy (non-hydrogen) atoms. The van der Waals surface area contributed by atoms with E-state index in [1.165, 1.54) is 6.92 Å². The predicted molar refractivity (Wildman–Crippen MR) is 38.3 cm³/mol. The minimum Gasteiger partial charge on any atom is -0.460 e. The minimum atomic E-state index is -0.792. The monoisotopic (exact) mass is 142 g/mol. The number of carbonyl (C=O) groups is 1. The van der Waals surface area contributed by atoms with Gasteiger partial charge in [-0.25, -0.2) is 5.73 Å². The van der Waals surface area contributed by atoms with Crippen LogP contribution in [0, 0.1) is 0 Å². The molecule has 0 saturated heterocycles. The average molecular weight is 142 g/mol. The van der Waals surface area contributed by atoms with Crippen LogP contribution in [0.1, 0.15) is 13.8 Å². The Bertz CT molecular complexity index is 141. The van der Waals surface area contributed by atoms with Crippen molar-refractivity contribution in [2.75, 3.05) is 6.61 Å². The summed E-state index contributed by atoms with van der Waals surface area (Å²) in [6.07, 6.45) is 0. The zero-order chi connectivity index (χ0) is 8.15. The lowest BCUT2D eigenvalue weighted by Crippen LogP contribution is -2.21. The summed E-state index contributed by atoms with van der Waals surface area (Å²) >= 11 is 0. The van der Waals surface area contributed by atoms with Crippen molar-refractivity contribution in [1.82, 2.24) is 5.73 Å². The fraction of sp³-hybridized carbons (Fsp3) is 0.571. The van der Waals surface area contributed by atoms with Crippen LogP contribution in [-0.2, 0) is 9.53 Å². The molecular weight excluding hydrogens is 130 g/mol. The number of carbonyl (C=O) groups excluding carboxylic acids is 1. The molecule has 1 N–H and O–H groups in total. The van der Waals surface area contributed by atoms with Crippen LogP contribution in [-0.4, -0.2) is 18.6 Å². The minimum absolute atomic E-state index is 0.224. The standard InChI is InChI=1S/C7H12NO2/c1-5(2)4-10-7(9)6(3)8/h6,8H,1,4H2,2-3H3. The van der Waals surface area contributed by atoms with Crippen molar-refractivity contribution in [2.45, 2.75) is 19.9 Å². The van der Waals surface area contributed by atoms with Crippen molar-refractivity contribution in [3.8, 4) is 0 Å². The van der Waals surface area contributed by atoms with Gasteiger partial charge in [-0.2, -0.15) is 0 Å². The SMILES string of the molecule is C=C(C)COC(=O)C(C)[NH]. The Balaban J connectivity index is 3.50. The van der Waals surface area contributed by atoms with Gasteiger partial charge in [0.15, 0.2) is 0 Å². The molecule has 0 amide bonds. The molecule has 0 bridgehead atoms. The molecule has 0 heterocycles. The van der Waals surface area contributed by atoms with Crippen molar-refractivity contribution >= 4 is 5.97 Å². The van der Waals surface area contributed by atoms with Crippen LogP contribution < -0.4 is 5.73 Å². The molecule has 57 valence electrons. The number of hydrogen-bond donors (Lipinski definition) is 0. The topological polar surface area (TPSA) is 50.1 Å². The first-order chi connectivity index (χ1) is 4.54. The van der Waals surface area contributed by atoms with E-state index >= 15 is 0 Å². The van der Waals surface area contributed by atoms with E-state index in [9.17, 15) is 4.79 Å². The largest absolute Gasteiger partial charge is 0.460 e. The Kier molecular flexibility index (Phi) is 3.72. The van der Waals surface area contributed by atoms with E-state index in [1.807, 2.05) is 0 Å². The van der Waals surface area contributed by atoms with E-state index in [1.54, 1.807) is 6.92 Å². The maximum absolute atomic E-state index is 10.6. The van der Waals surface area contributed by atoms with Crippen molar-refractivity contribution in [3.63, 3.8) is 0 Å². The molecule has 0 aromatic heterocycles. The van der Waals surface area contributed by atoms with Crippen LogP contribution in [0.15, 0.2) is 12.2 Å². The summed E-state index contributed by atoms with van der Waals surface area (Å²) < 4.78 is 4.64. The van der Waals surface area contributed by atoms with Gasteiger partial charge in [0.2, 0.25) is 0 Å². The van der Waals surface area contributed by atoms with Crippen LogP contribution in [0.2, 0.25) is 0 Å². The molecule has 1 radical (unpaired) electrons. The quantitative estimate of drug-likeness (QED) is 0.432. The molecule has 0 saturated carbocycles. The first-order valence-electron chi connectivity index (χ1n) is 3.06. The molecule has 0 aliphatic heterocycles. The Morgan fingerprint density at radius 2 is 2.30 bits per heavy atom. The smallest absolute Gasteiger partial charge is 0.324 e. The van der Waals surface area contributed by atoms with Crippen LogP contribution in [0.25, 0.3) is 0 Å². The van der Waals surface area contributed by atoms with Crippen molar-refractivity contribution in [1.29, 1.82) is 0 Å². The van der Waals surface area contributed by atoms with Gasteiger partial charge in [0.1, 0.15) is 12.6 Å². The summed E-state index contributed by atoms with van der Waals surface area (Å²) in [4.78, 5) is 10.6. The van der Waals surface area contributed by atoms with Crippen LogP contribution in [0.3, 0.4) is 0 Å². The summed E-state index contributed by atoms with van der Waals surface area (Å²) in [5, 5.41) is 0. The van der Waals surface area contributed by atoms with E-state index in [2.05, 4.69) is 11.3 Å². The highest BCUT2D eigenvalue weighted by Gasteiger charge is 2.08. The summed E-state index contributed by atoms with van der Waals surface area (Å²) in [6.45, 7) is 7.01. The molecule has 0 rings (SSSR count). The second-order valence-electron chi connectivity index (χ2n) is 2.29. The fourth-order valence-corrected chi connectivity index (χ4v) is 0.319. The van der Waals surface area contributed by atoms with Gasteiger partial charge in [-0.3, -0.25) is 4.79 Å². The van der Waals surface area contributed by atoms with E-state index < -0.39 is 12.0 Å². The third kappa shape index (κ3) is 4.09. The Hall–Kier alpha value is -0.830. The van der Waals surface area contributed by atoms with E-state index in [0.29, 0.717) is 0 Å². The summed E-state index contributed by atoms with van der Waals surface area (Å²) in [5.41, 5.74) is 7.71. The zero-order valence-corrected chi connectivity index (χ0v) is 6.31. The van der Waals surface area contributed by atoms with Gasteiger partial charge < -0.3 is 4.74 Å². The zero-order valence-electron chi connectivity index (χ0n) is 6.31. The lowest BCUT2D eigenvalue weighted by molar-refractivity contribution is -0.143. The number of esters is 1. The Morgan fingerprint density at radius 3 is 2.60 bits per heavy atom. The van der Waals surface area contributed by atoms with E-state index in [4.69, 9.17) is 5.73 Å². The van der Waals surface area contributed by atoms with Crippen molar-refractivity contribution in [3.05, 3.63) is 12.2 Å². The molecule has 3 nitrogen and oxygen atoms in total. The molecule has 1 unspecified atom stereocenters. The van der Waals surface area contributed by atoms with Gasteiger partial charge >= 0.3 is 5.97 Å². The molecule has 0 aliphatic rings. The first kappa shape index (κ1) is 9.17. The maximum atomic E-state index is 10.6. The molecule has 0 aliphatic carbocycles. The maximum Gasteiger partial charge on any atom is 0.324 e. The Morgan fingerprint density at radius 1 is 1.80 bits per heavy atom. The fourth-order valence-electron chi connectivity index (χ4n) is 0.319. The summed E-state index contributed by atoms with van der Waals surface area (Å²) in [6, 6.07) is -0.792. The van der Waals surface area contributed by atoms with E-state index in [-0.39, 0.29) is 6.61 Å². The normalized spacial score (nSPS) is 12.3. The van der Waals surface area contributed by atoms with Gasteiger partial charge in [0, 0.05) is 0 Å². The molecular formula is C7H12NO2. The third-order valence-corrected chi connectivity index (χ3v) is 0.814. The van der Waals surface area contributed by atoms with Crippen LogP contribution in [0.4, 0.5) is 0 Å². The van der Waals surface area contributed by atoms with E-state index in [0.717, 1.165) is 5.57 Å².